The second-order valence-corrected chi connectivity index (χ2v) is 9.49. The third-order valence-corrected chi connectivity index (χ3v) is 7.64. The number of hydrogen-bond acceptors (Lipinski definition) is 5. The lowest BCUT2D eigenvalue weighted by atomic mass is 10.2. The lowest BCUT2D eigenvalue weighted by Crippen LogP contribution is -2.31. The molecule has 0 saturated heterocycles. The Balaban J connectivity index is 1.85. The number of halogens is 1. The number of thiophene rings is 1. The molecule has 8 heteroatoms. The van der Waals surface area contributed by atoms with Gasteiger partial charge in [-0.25, -0.2) is 8.42 Å². The van der Waals surface area contributed by atoms with Crippen LogP contribution < -0.4 is 10.1 Å². The zero-order valence-electron chi connectivity index (χ0n) is 15.0. The zero-order chi connectivity index (χ0) is 20.1. The largest absolute Gasteiger partial charge is 0.497 e. The smallest absolute Gasteiger partial charge is 0.251 e. The van der Waals surface area contributed by atoms with E-state index in [4.69, 9.17) is 16.3 Å². The van der Waals surface area contributed by atoms with Crippen LogP contribution >= 0.6 is 22.9 Å². The van der Waals surface area contributed by atoms with Crippen molar-refractivity contribution >= 4 is 38.7 Å². The van der Waals surface area contributed by atoms with Gasteiger partial charge in [-0.1, -0.05) is 23.7 Å². The summed E-state index contributed by atoms with van der Waals surface area (Å²) < 4.78 is 31.5. The van der Waals surface area contributed by atoms with E-state index >= 15 is 0 Å². The molecule has 146 valence electrons. The first-order valence-corrected chi connectivity index (χ1v) is 11.2. The first-order chi connectivity index (χ1) is 13.4. The molecule has 1 aromatic heterocycles. The number of carbonyl (C=O) groups excluding carboxylic acids is 1. The SMILES string of the molecule is COc1cccc(C(=O)NC[C@H](c2cccs2)S(=O)(=O)c2ccc(Cl)cc2)c1. The maximum Gasteiger partial charge on any atom is 0.251 e. The third-order valence-electron chi connectivity index (χ3n) is 4.16. The van der Waals surface area contributed by atoms with Gasteiger partial charge in [-0.05, 0) is 53.9 Å². The van der Waals surface area contributed by atoms with Gasteiger partial charge >= 0.3 is 0 Å². The monoisotopic (exact) mass is 435 g/mol. The average molecular weight is 436 g/mol. The van der Waals surface area contributed by atoms with E-state index in [0.717, 1.165) is 0 Å². The van der Waals surface area contributed by atoms with E-state index in [9.17, 15) is 13.2 Å². The van der Waals surface area contributed by atoms with Crippen LogP contribution in [0.2, 0.25) is 5.02 Å². The summed E-state index contributed by atoms with van der Waals surface area (Å²) in [6.07, 6.45) is 0. The Morgan fingerprint density at radius 2 is 1.89 bits per heavy atom. The van der Waals surface area contributed by atoms with Gasteiger partial charge in [0, 0.05) is 22.0 Å². The molecule has 3 aromatic rings. The summed E-state index contributed by atoms with van der Waals surface area (Å²) in [6, 6.07) is 16.2. The Bertz CT molecular complexity index is 1050. The highest BCUT2D eigenvalue weighted by molar-refractivity contribution is 7.91. The number of amides is 1. The fourth-order valence-electron chi connectivity index (χ4n) is 2.68. The lowest BCUT2D eigenvalue weighted by molar-refractivity contribution is 0.0953. The molecule has 0 unspecified atom stereocenters. The molecule has 1 atom stereocenters. The van der Waals surface area contributed by atoms with Crippen molar-refractivity contribution in [2.75, 3.05) is 13.7 Å². The number of ether oxygens (including phenoxy) is 1. The summed E-state index contributed by atoms with van der Waals surface area (Å²) in [7, 11) is -2.20. The first kappa shape index (κ1) is 20.4. The quantitative estimate of drug-likeness (QED) is 0.598. The highest BCUT2D eigenvalue weighted by Crippen LogP contribution is 2.32. The van der Waals surface area contributed by atoms with E-state index in [1.54, 1.807) is 36.4 Å². The van der Waals surface area contributed by atoms with Crippen molar-refractivity contribution in [3.63, 3.8) is 0 Å². The van der Waals surface area contributed by atoms with Gasteiger partial charge in [-0.2, -0.15) is 0 Å². The Labute approximate surface area is 172 Å². The molecule has 2 aromatic carbocycles. The van der Waals surface area contributed by atoms with Crippen LogP contribution in [0.4, 0.5) is 0 Å². The molecule has 0 aliphatic heterocycles. The minimum Gasteiger partial charge on any atom is -0.497 e. The van der Waals surface area contributed by atoms with E-state index in [-0.39, 0.29) is 17.3 Å². The summed E-state index contributed by atoms with van der Waals surface area (Å²) in [4.78, 5) is 13.3. The van der Waals surface area contributed by atoms with Gasteiger partial charge < -0.3 is 10.1 Å². The molecule has 1 amide bonds. The van der Waals surface area contributed by atoms with Crippen molar-refractivity contribution in [3.05, 3.63) is 81.5 Å². The number of sulfone groups is 1. The Morgan fingerprint density at radius 3 is 2.54 bits per heavy atom. The van der Waals surface area contributed by atoms with Crippen LogP contribution in [0.3, 0.4) is 0 Å². The van der Waals surface area contributed by atoms with Crippen LogP contribution in [-0.2, 0) is 9.84 Å². The molecule has 1 heterocycles. The number of hydrogen-bond donors (Lipinski definition) is 1. The zero-order valence-corrected chi connectivity index (χ0v) is 17.4. The summed E-state index contributed by atoms with van der Waals surface area (Å²) in [5.41, 5.74) is 0.396. The first-order valence-electron chi connectivity index (χ1n) is 8.37. The van der Waals surface area contributed by atoms with Gasteiger partial charge in [0.2, 0.25) is 0 Å². The number of benzene rings is 2. The molecule has 0 saturated carbocycles. The normalized spacial score (nSPS) is 12.4. The Hall–Kier alpha value is -2.35. The number of rotatable bonds is 7. The van der Waals surface area contributed by atoms with Crippen LogP contribution in [-0.4, -0.2) is 28.0 Å². The number of nitrogens with one attached hydrogen (secondary N) is 1. The van der Waals surface area contributed by atoms with E-state index in [1.807, 2.05) is 5.38 Å². The molecule has 0 fully saturated rings. The van der Waals surface area contributed by atoms with Gasteiger partial charge in [-0.15, -0.1) is 11.3 Å². The number of methoxy groups -OCH3 is 1. The van der Waals surface area contributed by atoms with E-state index in [2.05, 4.69) is 5.32 Å². The van der Waals surface area contributed by atoms with Crippen molar-refractivity contribution in [1.29, 1.82) is 0 Å². The molecule has 1 N–H and O–H groups in total. The second kappa shape index (κ2) is 8.77. The lowest BCUT2D eigenvalue weighted by Gasteiger charge is -2.17. The molecule has 0 bridgehead atoms. The number of carbonyl (C=O) groups is 1. The summed E-state index contributed by atoms with van der Waals surface area (Å²) in [6.45, 7) is -0.0541. The maximum atomic E-state index is 13.2. The predicted molar refractivity (Wildman–Crippen MR) is 111 cm³/mol. The second-order valence-electron chi connectivity index (χ2n) is 5.94. The summed E-state index contributed by atoms with van der Waals surface area (Å²) in [5, 5.41) is 4.10. The van der Waals surface area contributed by atoms with Crippen LogP contribution in [0.5, 0.6) is 5.75 Å². The van der Waals surface area contributed by atoms with E-state index in [0.29, 0.717) is 21.2 Å². The maximum absolute atomic E-state index is 13.2. The highest BCUT2D eigenvalue weighted by Gasteiger charge is 2.30. The van der Waals surface area contributed by atoms with Crippen LogP contribution in [0.15, 0.2) is 70.9 Å². The summed E-state index contributed by atoms with van der Waals surface area (Å²) in [5.74, 6) is 0.183. The molecule has 3 rings (SSSR count). The predicted octanol–water partition coefficient (Wildman–Crippen LogP) is 4.36. The van der Waals surface area contributed by atoms with Gasteiger partial charge in [0.05, 0.1) is 12.0 Å². The van der Waals surface area contributed by atoms with Crippen molar-refractivity contribution in [3.8, 4) is 5.75 Å². The van der Waals surface area contributed by atoms with Crippen molar-refractivity contribution in [1.82, 2.24) is 5.32 Å². The van der Waals surface area contributed by atoms with Gasteiger partial charge in [0.25, 0.3) is 5.91 Å². The molecule has 28 heavy (non-hydrogen) atoms. The Kier molecular flexibility index (Phi) is 6.39. The average Bonchev–Trinajstić information content (AvgIpc) is 3.22. The molecular weight excluding hydrogens is 418 g/mol. The van der Waals surface area contributed by atoms with Gasteiger partial charge in [-0.3, -0.25) is 4.79 Å². The van der Waals surface area contributed by atoms with Crippen LogP contribution in [0, 0.1) is 0 Å². The van der Waals surface area contributed by atoms with Crippen LogP contribution in [0.25, 0.3) is 0 Å². The van der Waals surface area contributed by atoms with Crippen molar-refractivity contribution in [2.45, 2.75) is 10.1 Å². The molecule has 0 spiro atoms. The van der Waals surface area contributed by atoms with Crippen molar-refractivity contribution in [2.24, 2.45) is 0 Å². The topological polar surface area (TPSA) is 72.5 Å². The molecular formula is C20H18ClNO4S2. The highest BCUT2D eigenvalue weighted by atomic mass is 35.5. The Morgan fingerprint density at radius 1 is 1.14 bits per heavy atom. The fourth-order valence-corrected chi connectivity index (χ4v) is 5.59. The molecule has 5 nitrogen and oxygen atoms in total. The van der Waals surface area contributed by atoms with E-state index < -0.39 is 15.1 Å². The summed E-state index contributed by atoms with van der Waals surface area (Å²) >= 11 is 7.21. The van der Waals surface area contributed by atoms with E-state index in [1.165, 1.54) is 42.7 Å². The standard InChI is InChI=1S/C20H18ClNO4S2/c1-26-16-5-2-4-14(12-16)20(23)22-13-19(18-6-3-11-27-18)28(24,25)17-9-7-15(21)8-10-17/h2-12,19H,13H2,1H3,(H,22,23)/t19-/m1/s1. The molecule has 0 aliphatic rings. The third kappa shape index (κ3) is 4.55. The van der Waals surface area contributed by atoms with Gasteiger partial charge in [0.15, 0.2) is 9.84 Å². The van der Waals surface area contributed by atoms with Crippen molar-refractivity contribution < 1.29 is 17.9 Å². The van der Waals surface area contributed by atoms with Crippen LogP contribution in [0.1, 0.15) is 20.5 Å². The fraction of sp³-hybridized carbons (Fsp3) is 0.150. The minimum absolute atomic E-state index is 0.0541. The molecule has 0 radical (unpaired) electrons. The van der Waals surface area contributed by atoms with Gasteiger partial charge in [0.1, 0.15) is 11.0 Å². The molecule has 0 aliphatic carbocycles. The minimum atomic E-state index is -3.72.